The largest absolute Gasteiger partial charge is 0.491 e. The van der Waals surface area contributed by atoms with Crippen LogP contribution >= 0.6 is 11.6 Å². The number of nitrogens with one attached hydrogen (secondary N) is 1. The molecule has 0 atom stereocenters. The molecule has 4 nitrogen and oxygen atoms in total. The second-order valence-corrected chi connectivity index (χ2v) is 4.11. The lowest BCUT2D eigenvalue weighted by Crippen LogP contribution is -2.20. The van der Waals surface area contributed by atoms with E-state index in [1.165, 1.54) is 0 Å². The summed E-state index contributed by atoms with van der Waals surface area (Å²) in [5.41, 5.74) is 2.74. The molecule has 0 saturated carbocycles. The summed E-state index contributed by atoms with van der Waals surface area (Å²) in [4.78, 5) is 10.5. The van der Waals surface area contributed by atoms with Gasteiger partial charge in [0, 0.05) is 18.5 Å². The number of hydrogen-bond acceptors (Lipinski definition) is 2. The van der Waals surface area contributed by atoms with Crippen molar-refractivity contribution in [3.63, 3.8) is 0 Å². The van der Waals surface area contributed by atoms with E-state index in [1.807, 2.05) is 0 Å². The van der Waals surface area contributed by atoms with Gasteiger partial charge in [-0.15, -0.1) is 0 Å². The zero-order chi connectivity index (χ0) is 12.4. The molecule has 0 aliphatic carbocycles. The Morgan fingerprint density at radius 3 is 3.12 bits per heavy atom. The van der Waals surface area contributed by atoms with E-state index >= 15 is 0 Å². The van der Waals surface area contributed by atoms with Crippen molar-refractivity contribution in [1.82, 2.24) is 5.32 Å². The number of fused-ring (bicyclic) bond motifs is 1. The standard InChI is InChI=1S/C12H12ClNO3/c1-2-8-7(6-14-12(15)16)5-10(13)11-9(8)3-4-17-11/h2,5,14H,1,3-4,6H2,(H,15,16). The number of carboxylic acid groups (broad SMARTS) is 1. The van der Waals surface area contributed by atoms with Crippen LogP contribution in [0.3, 0.4) is 0 Å². The molecule has 90 valence electrons. The van der Waals surface area contributed by atoms with Crippen molar-refractivity contribution in [3.05, 3.63) is 34.4 Å². The molecule has 1 aliphatic heterocycles. The molecule has 0 unspecified atom stereocenters. The molecule has 1 aromatic carbocycles. The number of benzene rings is 1. The maximum absolute atomic E-state index is 10.5. The topological polar surface area (TPSA) is 58.6 Å². The minimum absolute atomic E-state index is 0.212. The summed E-state index contributed by atoms with van der Waals surface area (Å²) in [6, 6.07) is 1.72. The lowest BCUT2D eigenvalue weighted by Gasteiger charge is -2.12. The normalized spacial score (nSPS) is 12.8. The van der Waals surface area contributed by atoms with E-state index in [-0.39, 0.29) is 6.54 Å². The Morgan fingerprint density at radius 2 is 2.47 bits per heavy atom. The van der Waals surface area contributed by atoms with E-state index in [4.69, 9.17) is 21.4 Å². The Kier molecular flexibility index (Phi) is 3.24. The monoisotopic (exact) mass is 253 g/mol. The van der Waals surface area contributed by atoms with Crippen LogP contribution in [0.1, 0.15) is 16.7 Å². The van der Waals surface area contributed by atoms with Crippen molar-refractivity contribution in [1.29, 1.82) is 0 Å². The Balaban J connectivity index is 2.41. The second kappa shape index (κ2) is 4.67. The maximum Gasteiger partial charge on any atom is 0.404 e. The van der Waals surface area contributed by atoms with Crippen molar-refractivity contribution in [2.24, 2.45) is 0 Å². The van der Waals surface area contributed by atoms with E-state index in [2.05, 4.69) is 11.9 Å². The summed E-state index contributed by atoms with van der Waals surface area (Å²) in [7, 11) is 0. The summed E-state index contributed by atoms with van der Waals surface area (Å²) in [6.45, 7) is 4.57. The first-order valence-electron chi connectivity index (χ1n) is 5.19. The average molecular weight is 254 g/mol. The molecular weight excluding hydrogens is 242 g/mol. The summed E-state index contributed by atoms with van der Waals surface area (Å²) < 4.78 is 5.44. The second-order valence-electron chi connectivity index (χ2n) is 3.70. The molecule has 17 heavy (non-hydrogen) atoms. The first-order chi connectivity index (χ1) is 8.13. The van der Waals surface area contributed by atoms with Crippen LogP contribution in [0.25, 0.3) is 6.08 Å². The number of rotatable bonds is 3. The van der Waals surface area contributed by atoms with Crippen LogP contribution in [0.5, 0.6) is 5.75 Å². The highest BCUT2D eigenvalue weighted by Gasteiger charge is 2.21. The van der Waals surface area contributed by atoms with Crippen LogP contribution in [0.15, 0.2) is 12.6 Å². The highest BCUT2D eigenvalue weighted by molar-refractivity contribution is 6.32. The third-order valence-electron chi connectivity index (χ3n) is 2.70. The number of carbonyl (C=O) groups is 1. The van der Waals surface area contributed by atoms with E-state index in [9.17, 15) is 4.79 Å². The van der Waals surface area contributed by atoms with Crippen molar-refractivity contribution >= 4 is 23.8 Å². The molecule has 0 spiro atoms. The predicted octanol–water partition coefficient (Wildman–Crippen LogP) is 2.69. The van der Waals surface area contributed by atoms with Crippen LogP contribution in [0.2, 0.25) is 5.02 Å². The molecular formula is C12H12ClNO3. The molecule has 2 N–H and O–H groups in total. The lowest BCUT2D eigenvalue weighted by molar-refractivity contribution is 0.194. The van der Waals surface area contributed by atoms with Crippen LogP contribution in [-0.4, -0.2) is 17.8 Å². The van der Waals surface area contributed by atoms with Gasteiger partial charge in [-0.25, -0.2) is 4.79 Å². The Bertz CT molecular complexity index is 485. The predicted molar refractivity (Wildman–Crippen MR) is 65.6 cm³/mol. The first kappa shape index (κ1) is 11.8. The van der Waals surface area contributed by atoms with E-state index in [1.54, 1.807) is 12.1 Å². The first-order valence-corrected chi connectivity index (χ1v) is 5.57. The third kappa shape index (κ3) is 2.22. The number of hydrogen-bond donors (Lipinski definition) is 2. The molecule has 2 rings (SSSR count). The molecule has 0 radical (unpaired) electrons. The van der Waals surface area contributed by atoms with Crippen LogP contribution in [0, 0.1) is 0 Å². The molecule has 0 saturated heterocycles. The quantitative estimate of drug-likeness (QED) is 0.871. The van der Waals surface area contributed by atoms with Gasteiger partial charge in [0.25, 0.3) is 0 Å². The van der Waals surface area contributed by atoms with Gasteiger partial charge in [-0.3, -0.25) is 0 Å². The maximum atomic E-state index is 10.5. The summed E-state index contributed by atoms with van der Waals surface area (Å²) in [6.07, 6.45) is 1.42. The van der Waals surface area contributed by atoms with Crippen molar-refractivity contribution < 1.29 is 14.6 Å². The highest BCUT2D eigenvalue weighted by atomic mass is 35.5. The molecule has 1 heterocycles. The number of amides is 1. The average Bonchev–Trinajstić information content (AvgIpc) is 2.76. The Labute approximate surface area is 104 Å². The van der Waals surface area contributed by atoms with E-state index in [0.717, 1.165) is 23.1 Å². The fourth-order valence-electron chi connectivity index (χ4n) is 1.99. The van der Waals surface area contributed by atoms with Crippen molar-refractivity contribution in [2.45, 2.75) is 13.0 Å². The molecule has 0 aromatic heterocycles. The van der Waals surface area contributed by atoms with Crippen molar-refractivity contribution in [3.8, 4) is 5.75 Å². The van der Waals surface area contributed by atoms with Crippen LogP contribution < -0.4 is 10.1 Å². The van der Waals surface area contributed by atoms with E-state index in [0.29, 0.717) is 17.4 Å². The molecule has 0 fully saturated rings. The lowest BCUT2D eigenvalue weighted by atomic mass is 9.99. The Morgan fingerprint density at radius 1 is 1.71 bits per heavy atom. The smallest absolute Gasteiger partial charge is 0.404 e. The van der Waals surface area contributed by atoms with Gasteiger partial charge in [-0.05, 0) is 17.2 Å². The van der Waals surface area contributed by atoms with Gasteiger partial charge < -0.3 is 15.2 Å². The van der Waals surface area contributed by atoms with Gasteiger partial charge in [-0.1, -0.05) is 24.3 Å². The molecule has 0 bridgehead atoms. The SMILES string of the molecule is C=Cc1c(CNC(=O)O)cc(Cl)c2c1CCO2. The number of halogens is 1. The van der Waals surface area contributed by atoms with Gasteiger partial charge in [0.1, 0.15) is 5.75 Å². The van der Waals surface area contributed by atoms with Crippen molar-refractivity contribution in [2.75, 3.05) is 6.61 Å². The Hall–Kier alpha value is -1.68. The summed E-state index contributed by atoms with van der Waals surface area (Å²) >= 11 is 6.08. The van der Waals surface area contributed by atoms with Gasteiger partial charge in [0.2, 0.25) is 0 Å². The fraction of sp³-hybridized carbons (Fsp3) is 0.250. The van der Waals surface area contributed by atoms with Gasteiger partial charge in [0.15, 0.2) is 0 Å². The van der Waals surface area contributed by atoms with Gasteiger partial charge in [0.05, 0.1) is 11.6 Å². The molecule has 1 aliphatic rings. The minimum atomic E-state index is -1.06. The molecule has 1 aromatic rings. The zero-order valence-electron chi connectivity index (χ0n) is 9.12. The summed E-state index contributed by atoms with van der Waals surface area (Å²) in [5, 5.41) is 11.4. The summed E-state index contributed by atoms with van der Waals surface area (Å²) in [5.74, 6) is 0.695. The fourth-order valence-corrected chi connectivity index (χ4v) is 2.29. The molecule has 5 heteroatoms. The van der Waals surface area contributed by atoms with Crippen LogP contribution in [-0.2, 0) is 13.0 Å². The third-order valence-corrected chi connectivity index (χ3v) is 2.98. The number of ether oxygens (including phenoxy) is 1. The minimum Gasteiger partial charge on any atom is -0.491 e. The zero-order valence-corrected chi connectivity index (χ0v) is 9.88. The van der Waals surface area contributed by atoms with Crippen LogP contribution in [0.4, 0.5) is 4.79 Å². The van der Waals surface area contributed by atoms with E-state index < -0.39 is 6.09 Å². The highest BCUT2D eigenvalue weighted by Crippen LogP contribution is 2.38. The van der Waals surface area contributed by atoms with Gasteiger partial charge in [-0.2, -0.15) is 0 Å². The van der Waals surface area contributed by atoms with Gasteiger partial charge >= 0.3 is 6.09 Å². The molecule has 1 amide bonds.